The fourth-order valence-corrected chi connectivity index (χ4v) is 4.06. The fraction of sp³-hybridized carbons (Fsp3) is 0.440. The van der Waals surface area contributed by atoms with Crippen molar-refractivity contribution in [1.29, 1.82) is 0 Å². The van der Waals surface area contributed by atoms with Crippen LogP contribution in [-0.4, -0.2) is 68.1 Å². The van der Waals surface area contributed by atoms with E-state index in [1.165, 1.54) is 0 Å². The van der Waals surface area contributed by atoms with Gasteiger partial charge in [0.15, 0.2) is 11.5 Å². The SMILES string of the molecule is CCCOc1c(Cl)cc(C(=O)N2CCCN(C(=O)c3ccccc3OC)CC2)cc1OCC. The van der Waals surface area contributed by atoms with Crippen LogP contribution in [0.4, 0.5) is 0 Å². The maximum atomic E-state index is 13.3. The molecule has 0 aromatic heterocycles. The number of para-hydroxylation sites is 1. The molecule has 0 saturated carbocycles. The molecule has 178 valence electrons. The van der Waals surface area contributed by atoms with Crippen LogP contribution in [0.15, 0.2) is 36.4 Å². The predicted octanol–water partition coefficient (Wildman–Crippen LogP) is 4.52. The molecular weight excluding hydrogens is 444 g/mol. The van der Waals surface area contributed by atoms with Crippen LogP contribution < -0.4 is 14.2 Å². The van der Waals surface area contributed by atoms with Crippen molar-refractivity contribution < 1.29 is 23.8 Å². The summed E-state index contributed by atoms with van der Waals surface area (Å²) < 4.78 is 16.8. The average molecular weight is 475 g/mol. The van der Waals surface area contributed by atoms with Crippen molar-refractivity contribution in [3.05, 3.63) is 52.5 Å². The molecule has 1 fully saturated rings. The van der Waals surface area contributed by atoms with Crippen molar-refractivity contribution in [3.8, 4) is 17.2 Å². The number of amides is 2. The molecule has 1 saturated heterocycles. The van der Waals surface area contributed by atoms with Crippen molar-refractivity contribution >= 4 is 23.4 Å². The van der Waals surface area contributed by atoms with E-state index in [0.29, 0.717) is 79.2 Å². The Morgan fingerprint density at radius 3 is 2.30 bits per heavy atom. The Balaban J connectivity index is 1.74. The highest BCUT2D eigenvalue weighted by atomic mass is 35.5. The lowest BCUT2D eigenvalue weighted by molar-refractivity contribution is 0.0716. The highest BCUT2D eigenvalue weighted by Gasteiger charge is 2.26. The second kappa shape index (κ2) is 11.8. The molecule has 0 aliphatic carbocycles. The van der Waals surface area contributed by atoms with Gasteiger partial charge in [-0.15, -0.1) is 0 Å². The molecule has 0 radical (unpaired) electrons. The van der Waals surface area contributed by atoms with Crippen LogP contribution >= 0.6 is 11.6 Å². The quantitative estimate of drug-likeness (QED) is 0.562. The molecule has 0 N–H and O–H groups in total. The van der Waals surface area contributed by atoms with E-state index < -0.39 is 0 Å². The number of hydrogen-bond acceptors (Lipinski definition) is 5. The zero-order valence-electron chi connectivity index (χ0n) is 19.4. The lowest BCUT2D eigenvalue weighted by Gasteiger charge is -2.23. The number of rotatable bonds is 8. The van der Waals surface area contributed by atoms with Gasteiger partial charge in [-0.3, -0.25) is 9.59 Å². The predicted molar refractivity (Wildman–Crippen MR) is 128 cm³/mol. The molecule has 0 bridgehead atoms. The molecule has 1 heterocycles. The van der Waals surface area contributed by atoms with Crippen LogP contribution in [0.25, 0.3) is 0 Å². The third-order valence-electron chi connectivity index (χ3n) is 5.41. The van der Waals surface area contributed by atoms with Crippen LogP contribution in [0, 0.1) is 0 Å². The highest BCUT2D eigenvalue weighted by Crippen LogP contribution is 2.37. The van der Waals surface area contributed by atoms with Gasteiger partial charge in [-0.2, -0.15) is 0 Å². The van der Waals surface area contributed by atoms with Crippen molar-refractivity contribution in [2.24, 2.45) is 0 Å². The van der Waals surface area contributed by atoms with Gasteiger partial charge in [0.2, 0.25) is 0 Å². The summed E-state index contributed by atoms with van der Waals surface area (Å²) in [5.74, 6) is 1.22. The van der Waals surface area contributed by atoms with Crippen LogP contribution in [-0.2, 0) is 0 Å². The maximum absolute atomic E-state index is 13.3. The third kappa shape index (κ3) is 5.90. The number of carbonyl (C=O) groups excluding carboxylic acids is 2. The molecule has 0 unspecified atom stereocenters. The van der Waals surface area contributed by atoms with Crippen LogP contribution in [0.1, 0.15) is 47.4 Å². The lowest BCUT2D eigenvalue weighted by Crippen LogP contribution is -2.37. The molecule has 7 nitrogen and oxygen atoms in total. The topological polar surface area (TPSA) is 68.3 Å². The molecule has 2 aromatic carbocycles. The number of carbonyl (C=O) groups is 2. The van der Waals surface area contributed by atoms with Gasteiger partial charge in [-0.25, -0.2) is 0 Å². The summed E-state index contributed by atoms with van der Waals surface area (Å²) in [5.41, 5.74) is 0.965. The monoisotopic (exact) mass is 474 g/mol. The Hall–Kier alpha value is -2.93. The molecule has 1 aliphatic heterocycles. The summed E-state index contributed by atoms with van der Waals surface area (Å²) >= 11 is 6.44. The minimum Gasteiger partial charge on any atom is -0.496 e. The molecule has 2 aromatic rings. The van der Waals surface area contributed by atoms with E-state index in [1.54, 1.807) is 41.2 Å². The first-order chi connectivity index (χ1) is 16.0. The fourth-order valence-electron chi connectivity index (χ4n) is 3.80. The number of methoxy groups -OCH3 is 1. The van der Waals surface area contributed by atoms with Gasteiger partial charge in [0.05, 0.1) is 30.9 Å². The zero-order valence-corrected chi connectivity index (χ0v) is 20.2. The van der Waals surface area contributed by atoms with E-state index in [9.17, 15) is 9.59 Å². The van der Waals surface area contributed by atoms with E-state index in [1.807, 2.05) is 26.0 Å². The largest absolute Gasteiger partial charge is 0.496 e. The minimum absolute atomic E-state index is 0.0964. The van der Waals surface area contributed by atoms with Crippen molar-refractivity contribution in [2.45, 2.75) is 26.7 Å². The average Bonchev–Trinajstić information content (AvgIpc) is 3.09. The molecule has 2 amide bonds. The van der Waals surface area contributed by atoms with E-state index in [-0.39, 0.29) is 11.8 Å². The Morgan fingerprint density at radius 1 is 0.939 bits per heavy atom. The lowest BCUT2D eigenvalue weighted by atomic mass is 10.1. The third-order valence-corrected chi connectivity index (χ3v) is 5.70. The summed E-state index contributed by atoms with van der Waals surface area (Å²) in [6, 6.07) is 10.5. The number of hydrogen-bond donors (Lipinski definition) is 0. The molecule has 0 atom stereocenters. The van der Waals surface area contributed by atoms with E-state index >= 15 is 0 Å². The van der Waals surface area contributed by atoms with Gasteiger partial charge >= 0.3 is 0 Å². The van der Waals surface area contributed by atoms with Crippen molar-refractivity contribution in [3.63, 3.8) is 0 Å². The summed E-state index contributed by atoms with van der Waals surface area (Å²) in [5, 5.41) is 0.348. The molecule has 3 rings (SSSR count). The van der Waals surface area contributed by atoms with E-state index in [2.05, 4.69) is 0 Å². The first-order valence-electron chi connectivity index (χ1n) is 11.3. The first-order valence-corrected chi connectivity index (χ1v) is 11.7. The highest BCUT2D eigenvalue weighted by molar-refractivity contribution is 6.32. The van der Waals surface area contributed by atoms with Crippen LogP contribution in [0.5, 0.6) is 17.2 Å². The smallest absolute Gasteiger partial charge is 0.257 e. The summed E-state index contributed by atoms with van der Waals surface area (Å²) in [6.07, 6.45) is 1.51. The standard InChI is InChI=1S/C25H31ClN2O5/c1-4-15-33-23-20(26)16-18(17-22(23)32-5-2)24(29)27-11-8-12-28(14-13-27)25(30)19-9-6-7-10-21(19)31-3/h6-7,9-10,16-17H,4-5,8,11-15H2,1-3H3. The number of ether oxygens (including phenoxy) is 3. The van der Waals surface area contributed by atoms with Gasteiger partial charge < -0.3 is 24.0 Å². The second-order valence-electron chi connectivity index (χ2n) is 7.71. The normalized spacial score (nSPS) is 13.9. The summed E-state index contributed by atoms with van der Waals surface area (Å²) in [4.78, 5) is 29.9. The van der Waals surface area contributed by atoms with Crippen LogP contribution in [0.3, 0.4) is 0 Å². The van der Waals surface area contributed by atoms with Gasteiger partial charge in [0.1, 0.15) is 5.75 Å². The van der Waals surface area contributed by atoms with Gasteiger partial charge in [-0.05, 0) is 44.0 Å². The molecular formula is C25H31ClN2O5. The van der Waals surface area contributed by atoms with Crippen molar-refractivity contribution in [2.75, 3.05) is 46.5 Å². The van der Waals surface area contributed by atoms with Crippen LogP contribution in [0.2, 0.25) is 5.02 Å². The summed E-state index contributed by atoms with van der Waals surface area (Å²) in [6.45, 7) is 6.79. The van der Waals surface area contributed by atoms with E-state index in [4.69, 9.17) is 25.8 Å². The zero-order chi connectivity index (χ0) is 23.8. The Bertz CT molecular complexity index is 981. The Kier molecular flexibility index (Phi) is 8.83. The Morgan fingerprint density at radius 2 is 1.64 bits per heavy atom. The first kappa shape index (κ1) is 24.7. The number of benzene rings is 2. The maximum Gasteiger partial charge on any atom is 0.257 e. The summed E-state index contributed by atoms with van der Waals surface area (Å²) in [7, 11) is 1.55. The molecule has 33 heavy (non-hydrogen) atoms. The molecule has 0 spiro atoms. The van der Waals surface area contributed by atoms with Gasteiger partial charge in [0.25, 0.3) is 11.8 Å². The van der Waals surface area contributed by atoms with Gasteiger partial charge in [-0.1, -0.05) is 30.7 Å². The minimum atomic E-state index is -0.147. The van der Waals surface area contributed by atoms with Crippen molar-refractivity contribution in [1.82, 2.24) is 9.80 Å². The molecule has 8 heteroatoms. The van der Waals surface area contributed by atoms with E-state index in [0.717, 1.165) is 6.42 Å². The Labute approximate surface area is 200 Å². The van der Waals surface area contributed by atoms with Gasteiger partial charge in [0, 0.05) is 31.7 Å². The second-order valence-corrected chi connectivity index (χ2v) is 8.11. The number of halogens is 1. The molecule has 1 aliphatic rings. The number of nitrogens with zero attached hydrogens (tertiary/aromatic N) is 2.